The minimum absolute atomic E-state index is 0.374. The number of likely N-dealkylation sites (tertiary alicyclic amines) is 1. The van der Waals surface area contributed by atoms with Crippen molar-refractivity contribution in [3.63, 3.8) is 0 Å². The second kappa shape index (κ2) is 7.73. The van der Waals surface area contributed by atoms with Gasteiger partial charge in [-0.15, -0.1) is 10.2 Å². The minimum atomic E-state index is 0.374. The zero-order valence-corrected chi connectivity index (χ0v) is 14.7. The predicted octanol–water partition coefficient (Wildman–Crippen LogP) is 2.09. The first-order valence-electron chi connectivity index (χ1n) is 8.97. The van der Waals surface area contributed by atoms with Gasteiger partial charge in [0.2, 0.25) is 11.8 Å². The molecule has 0 N–H and O–H groups in total. The van der Waals surface area contributed by atoms with E-state index in [-0.39, 0.29) is 0 Å². The third-order valence-corrected chi connectivity index (χ3v) is 4.98. The van der Waals surface area contributed by atoms with Gasteiger partial charge in [-0.3, -0.25) is 9.80 Å². The number of morpholine rings is 1. The SMILES string of the molecule is Cc1nnc(CN2CCC(CCN3C[C@@H](C)O[C@@H](C)C3)CC2)o1. The summed E-state index contributed by atoms with van der Waals surface area (Å²) in [6, 6.07) is 0. The van der Waals surface area contributed by atoms with Crippen LogP contribution in [0.25, 0.3) is 0 Å². The fourth-order valence-corrected chi connectivity index (χ4v) is 3.86. The Hall–Kier alpha value is -0.980. The van der Waals surface area contributed by atoms with E-state index in [2.05, 4.69) is 33.8 Å². The summed E-state index contributed by atoms with van der Waals surface area (Å²) >= 11 is 0. The molecule has 0 spiro atoms. The average Bonchev–Trinajstić information content (AvgIpc) is 2.91. The highest BCUT2D eigenvalue weighted by Crippen LogP contribution is 2.23. The van der Waals surface area contributed by atoms with E-state index in [4.69, 9.17) is 9.15 Å². The number of aryl methyl sites for hydroxylation is 1. The van der Waals surface area contributed by atoms with Gasteiger partial charge >= 0.3 is 0 Å². The molecule has 6 nitrogen and oxygen atoms in total. The highest BCUT2D eigenvalue weighted by atomic mass is 16.5. The Morgan fingerprint density at radius 1 is 1.04 bits per heavy atom. The maximum Gasteiger partial charge on any atom is 0.230 e. The molecular weight excluding hydrogens is 292 g/mol. The molecule has 0 unspecified atom stereocenters. The quantitative estimate of drug-likeness (QED) is 0.827. The summed E-state index contributed by atoms with van der Waals surface area (Å²) in [5.41, 5.74) is 0. The van der Waals surface area contributed by atoms with E-state index in [0.29, 0.717) is 18.1 Å². The Labute approximate surface area is 139 Å². The van der Waals surface area contributed by atoms with Gasteiger partial charge in [0.1, 0.15) is 0 Å². The average molecular weight is 322 g/mol. The molecule has 0 aromatic carbocycles. The van der Waals surface area contributed by atoms with E-state index in [0.717, 1.165) is 44.5 Å². The van der Waals surface area contributed by atoms with Crippen molar-refractivity contribution in [3.05, 3.63) is 11.8 Å². The minimum Gasteiger partial charge on any atom is -0.424 e. The van der Waals surface area contributed by atoms with Crippen molar-refractivity contribution in [3.8, 4) is 0 Å². The van der Waals surface area contributed by atoms with E-state index in [1.54, 1.807) is 0 Å². The maximum absolute atomic E-state index is 5.81. The normalized spacial score (nSPS) is 28.3. The van der Waals surface area contributed by atoms with Gasteiger partial charge in [-0.05, 0) is 58.7 Å². The van der Waals surface area contributed by atoms with Crippen LogP contribution in [0.2, 0.25) is 0 Å². The topological polar surface area (TPSA) is 54.6 Å². The van der Waals surface area contributed by atoms with Crippen molar-refractivity contribution >= 4 is 0 Å². The standard InChI is InChI=1S/C17H30N4O2/c1-13-10-21(11-14(2)22-13)9-6-16-4-7-20(8-5-16)12-17-19-18-15(3)23-17/h13-14,16H,4-12H2,1-3H3/t13-,14+. The van der Waals surface area contributed by atoms with Gasteiger partial charge in [0.05, 0.1) is 18.8 Å². The molecule has 6 heteroatoms. The van der Waals surface area contributed by atoms with E-state index < -0.39 is 0 Å². The van der Waals surface area contributed by atoms with E-state index in [1.807, 2.05) is 6.92 Å². The molecule has 0 bridgehead atoms. The van der Waals surface area contributed by atoms with Crippen molar-refractivity contribution in [1.29, 1.82) is 0 Å². The first kappa shape index (κ1) is 16.9. The smallest absolute Gasteiger partial charge is 0.230 e. The maximum atomic E-state index is 5.81. The van der Waals surface area contributed by atoms with Crippen LogP contribution in [0.5, 0.6) is 0 Å². The van der Waals surface area contributed by atoms with E-state index >= 15 is 0 Å². The van der Waals surface area contributed by atoms with Crippen molar-refractivity contribution in [2.75, 3.05) is 32.7 Å². The first-order valence-corrected chi connectivity index (χ1v) is 8.97. The van der Waals surface area contributed by atoms with Crippen LogP contribution < -0.4 is 0 Å². The second-order valence-electron chi connectivity index (χ2n) is 7.24. The molecule has 3 rings (SSSR count). The van der Waals surface area contributed by atoms with Gasteiger partial charge in [-0.25, -0.2) is 0 Å². The molecule has 2 fully saturated rings. The summed E-state index contributed by atoms with van der Waals surface area (Å²) < 4.78 is 11.3. The second-order valence-corrected chi connectivity index (χ2v) is 7.24. The molecule has 130 valence electrons. The molecule has 1 aromatic heterocycles. The molecular formula is C17H30N4O2. The molecule has 23 heavy (non-hydrogen) atoms. The van der Waals surface area contributed by atoms with Gasteiger partial charge in [0.25, 0.3) is 0 Å². The monoisotopic (exact) mass is 322 g/mol. The number of nitrogens with zero attached hydrogens (tertiary/aromatic N) is 4. The number of rotatable bonds is 5. The largest absolute Gasteiger partial charge is 0.424 e. The van der Waals surface area contributed by atoms with Gasteiger partial charge in [-0.2, -0.15) is 0 Å². The highest BCUT2D eigenvalue weighted by Gasteiger charge is 2.24. The summed E-state index contributed by atoms with van der Waals surface area (Å²) in [6.07, 6.45) is 4.62. The van der Waals surface area contributed by atoms with Crippen LogP contribution in [0.4, 0.5) is 0 Å². The number of ether oxygens (including phenoxy) is 1. The predicted molar refractivity (Wildman–Crippen MR) is 88.1 cm³/mol. The molecule has 0 amide bonds. The third kappa shape index (κ3) is 4.99. The Morgan fingerprint density at radius 3 is 2.35 bits per heavy atom. The fraction of sp³-hybridized carbons (Fsp3) is 0.882. The summed E-state index contributed by atoms with van der Waals surface area (Å²) in [6.45, 7) is 12.7. The summed E-state index contributed by atoms with van der Waals surface area (Å²) in [5.74, 6) is 2.25. The number of aromatic nitrogens is 2. The van der Waals surface area contributed by atoms with Crippen LogP contribution >= 0.6 is 0 Å². The Morgan fingerprint density at radius 2 is 1.74 bits per heavy atom. The lowest BCUT2D eigenvalue weighted by molar-refractivity contribution is -0.0693. The van der Waals surface area contributed by atoms with Crippen molar-refractivity contribution in [2.24, 2.45) is 5.92 Å². The zero-order valence-electron chi connectivity index (χ0n) is 14.7. The number of piperidine rings is 1. The third-order valence-electron chi connectivity index (χ3n) is 4.98. The highest BCUT2D eigenvalue weighted by molar-refractivity contribution is 4.82. The lowest BCUT2D eigenvalue weighted by atomic mass is 9.93. The molecule has 1 aromatic rings. The summed E-state index contributed by atoms with van der Waals surface area (Å²) in [4.78, 5) is 5.01. The summed E-state index contributed by atoms with van der Waals surface area (Å²) in [5, 5.41) is 8.00. The van der Waals surface area contributed by atoms with Crippen molar-refractivity contribution in [2.45, 2.75) is 58.8 Å². The molecule has 2 saturated heterocycles. The van der Waals surface area contributed by atoms with Crippen molar-refractivity contribution in [1.82, 2.24) is 20.0 Å². The van der Waals surface area contributed by atoms with Crippen LogP contribution in [0, 0.1) is 12.8 Å². The number of hydrogen-bond donors (Lipinski definition) is 0. The molecule has 3 heterocycles. The van der Waals surface area contributed by atoms with Crippen molar-refractivity contribution < 1.29 is 9.15 Å². The van der Waals surface area contributed by atoms with Crippen LogP contribution in [-0.4, -0.2) is 64.9 Å². The number of hydrogen-bond acceptors (Lipinski definition) is 6. The van der Waals surface area contributed by atoms with Gasteiger partial charge in [0.15, 0.2) is 0 Å². The van der Waals surface area contributed by atoms with Crippen LogP contribution in [0.3, 0.4) is 0 Å². The van der Waals surface area contributed by atoms with Gasteiger partial charge < -0.3 is 9.15 Å². The Balaban J connectivity index is 1.36. The molecule has 2 aliphatic rings. The van der Waals surface area contributed by atoms with Gasteiger partial charge in [0, 0.05) is 20.0 Å². The first-order chi connectivity index (χ1) is 11.1. The lowest BCUT2D eigenvalue weighted by Crippen LogP contribution is -2.46. The molecule has 2 aliphatic heterocycles. The van der Waals surface area contributed by atoms with E-state index in [1.165, 1.54) is 25.8 Å². The van der Waals surface area contributed by atoms with Crippen LogP contribution in [0.15, 0.2) is 4.42 Å². The molecule has 0 saturated carbocycles. The van der Waals surface area contributed by atoms with Crippen LogP contribution in [0.1, 0.15) is 44.9 Å². The molecule has 0 aliphatic carbocycles. The fourth-order valence-electron chi connectivity index (χ4n) is 3.86. The van der Waals surface area contributed by atoms with Gasteiger partial charge in [-0.1, -0.05) is 0 Å². The molecule has 0 radical (unpaired) electrons. The Bertz CT molecular complexity index is 475. The Kier molecular flexibility index (Phi) is 5.67. The van der Waals surface area contributed by atoms with Crippen LogP contribution in [-0.2, 0) is 11.3 Å². The summed E-state index contributed by atoms with van der Waals surface area (Å²) in [7, 11) is 0. The molecule has 2 atom stereocenters. The van der Waals surface area contributed by atoms with E-state index in [9.17, 15) is 0 Å². The lowest BCUT2D eigenvalue weighted by Gasteiger charge is -2.37. The zero-order chi connectivity index (χ0) is 16.2.